The minimum atomic E-state index is -3.76. The van der Waals surface area contributed by atoms with Gasteiger partial charge in [0.05, 0.1) is 20.7 Å². The Morgan fingerprint density at radius 3 is 2.30 bits per heavy atom. The van der Waals surface area contributed by atoms with Gasteiger partial charge in [-0.1, -0.05) is 42.0 Å². The molecule has 2 aromatic carbocycles. The van der Waals surface area contributed by atoms with Crippen LogP contribution in [0.3, 0.4) is 0 Å². The van der Waals surface area contributed by atoms with Crippen molar-refractivity contribution in [1.82, 2.24) is 9.29 Å². The molecule has 7 heteroatoms. The lowest BCUT2D eigenvalue weighted by atomic mass is 10.1. The minimum Gasteiger partial charge on any atom is -0.264 e. The maximum atomic E-state index is 13.6. The van der Waals surface area contributed by atoms with E-state index in [4.69, 9.17) is 0 Å². The van der Waals surface area contributed by atoms with E-state index in [1.165, 1.54) is 0 Å². The first kappa shape index (κ1) is 20.7. The van der Waals surface area contributed by atoms with Crippen LogP contribution in [0.4, 0.5) is 0 Å². The molecule has 0 N–H and O–H groups in total. The van der Waals surface area contributed by atoms with Crippen molar-refractivity contribution < 1.29 is 12.6 Å². The Kier molecular flexibility index (Phi) is 5.69. The van der Waals surface area contributed by atoms with Crippen molar-refractivity contribution in [3.8, 4) is 0 Å². The Labute approximate surface area is 179 Å². The van der Waals surface area contributed by atoms with Crippen LogP contribution in [0.15, 0.2) is 99.4 Å². The second-order valence-electron chi connectivity index (χ2n) is 7.29. The topological polar surface area (TPSA) is 67.3 Å². The summed E-state index contributed by atoms with van der Waals surface area (Å²) >= 11 is 0. The number of hydrogen-bond acceptors (Lipinski definition) is 4. The van der Waals surface area contributed by atoms with E-state index in [-0.39, 0.29) is 9.80 Å². The molecule has 3 aromatic rings. The number of pyridine rings is 1. The average Bonchev–Trinajstić information content (AvgIpc) is 3.13. The highest BCUT2D eigenvalue weighted by Crippen LogP contribution is 2.43. The van der Waals surface area contributed by atoms with Gasteiger partial charge in [-0.15, -0.1) is 0 Å². The van der Waals surface area contributed by atoms with Crippen molar-refractivity contribution in [3.63, 3.8) is 0 Å². The normalized spacial score (nSPS) is 18.5. The fraction of sp³-hybridized carbons (Fsp3) is 0.174. The Balaban J connectivity index is 1.83. The molecule has 0 amide bonds. The van der Waals surface area contributed by atoms with Crippen molar-refractivity contribution in [2.45, 2.75) is 29.7 Å². The molecule has 0 saturated heterocycles. The molecule has 0 aliphatic carbocycles. The number of sulfone groups is 1. The summed E-state index contributed by atoms with van der Waals surface area (Å²) < 4.78 is 42.4. The lowest BCUT2D eigenvalue weighted by molar-refractivity contribution is 0.445. The van der Waals surface area contributed by atoms with Crippen LogP contribution in [-0.4, -0.2) is 28.5 Å². The smallest absolute Gasteiger partial charge is 0.204 e. The van der Waals surface area contributed by atoms with Crippen LogP contribution < -0.4 is 0 Å². The third-order valence-electron chi connectivity index (χ3n) is 5.13. The molecule has 2 atom stereocenters. The van der Waals surface area contributed by atoms with Crippen molar-refractivity contribution in [2.75, 3.05) is 6.54 Å². The first-order chi connectivity index (χ1) is 14.4. The minimum absolute atomic E-state index is 0.233. The summed E-state index contributed by atoms with van der Waals surface area (Å²) in [7, 11) is -5.30. The van der Waals surface area contributed by atoms with Gasteiger partial charge in [-0.05, 0) is 55.3 Å². The maximum absolute atomic E-state index is 13.6. The average molecular weight is 439 g/mol. The van der Waals surface area contributed by atoms with Crippen molar-refractivity contribution in [3.05, 3.63) is 101 Å². The lowest BCUT2D eigenvalue weighted by Crippen LogP contribution is -2.29. The zero-order valence-electron chi connectivity index (χ0n) is 16.7. The summed E-state index contributed by atoms with van der Waals surface area (Å²) in [5, 5.41) is 0. The van der Waals surface area contributed by atoms with E-state index in [1.54, 1.807) is 60.0 Å². The van der Waals surface area contributed by atoms with Crippen LogP contribution >= 0.6 is 0 Å². The number of aryl methyl sites for hydroxylation is 1. The quantitative estimate of drug-likeness (QED) is 0.598. The number of rotatable bonds is 5. The molecule has 30 heavy (non-hydrogen) atoms. The third-order valence-corrected chi connectivity index (χ3v) is 8.61. The molecule has 0 radical (unpaired) electrons. The highest BCUT2D eigenvalue weighted by Gasteiger charge is 2.42. The fourth-order valence-corrected chi connectivity index (χ4v) is 6.96. The zero-order chi connectivity index (χ0) is 21.3. The Morgan fingerprint density at radius 1 is 0.967 bits per heavy atom. The van der Waals surface area contributed by atoms with Crippen molar-refractivity contribution >= 4 is 20.8 Å². The number of aromatic nitrogens is 1. The van der Waals surface area contributed by atoms with Gasteiger partial charge in [0.2, 0.25) is 9.84 Å². The molecule has 0 fully saturated rings. The zero-order valence-corrected chi connectivity index (χ0v) is 18.4. The summed E-state index contributed by atoms with van der Waals surface area (Å²) in [5.41, 5.74) is 2.46. The summed E-state index contributed by atoms with van der Waals surface area (Å²) in [6.45, 7) is 4.06. The molecule has 0 bridgehead atoms. The molecule has 5 nitrogen and oxygen atoms in total. The van der Waals surface area contributed by atoms with Gasteiger partial charge in [-0.25, -0.2) is 16.9 Å². The summed E-state index contributed by atoms with van der Waals surface area (Å²) in [4.78, 5) is 5.33. The molecule has 1 aliphatic rings. The SMILES string of the molecule is CC1=C(S(=O)(=O)c2ccccc2)[C@@H](c2cccnc2)N(S(=O)c2ccc(C)cc2)C1. The van der Waals surface area contributed by atoms with Gasteiger partial charge < -0.3 is 0 Å². The van der Waals surface area contributed by atoms with Crippen LogP contribution in [0.25, 0.3) is 0 Å². The molecular formula is C23H22N2O3S2. The van der Waals surface area contributed by atoms with Gasteiger partial charge >= 0.3 is 0 Å². The Hall–Kier alpha value is -2.61. The molecular weight excluding hydrogens is 416 g/mol. The van der Waals surface area contributed by atoms with Crippen LogP contribution in [0.2, 0.25) is 0 Å². The molecule has 154 valence electrons. The van der Waals surface area contributed by atoms with E-state index in [0.717, 1.165) is 5.56 Å². The molecule has 0 saturated carbocycles. The van der Waals surface area contributed by atoms with Crippen LogP contribution in [0.1, 0.15) is 24.1 Å². The van der Waals surface area contributed by atoms with Crippen molar-refractivity contribution in [1.29, 1.82) is 0 Å². The number of benzene rings is 2. The van der Waals surface area contributed by atoms with Crippen LogP contribution in [0.5, 0.6) is 0 Å². The largest absolute Gasteiger partial charge is 0.264 e. The fourth-order valence-electron chi connectivity index (χ4n) is 3.67. The lowest BCUT2D eigenvalue weighted by Gasteiger charge is -2.26. The summed E-state index contributed by atoms with van der Waals surface area (Å²) in [6, 6.07) is 18.8. The van der Waals surface area contributed by atoms with Crippen LogP contribution in [-0.2, 0) is 20.8 Å². The van der Waals surface area contributed by atoms with E-state index >= 15 is 0 Å². The highest BCUT2D eigenvalue weighted by atomic mass is 32.2. The molecule has 2 heterocycles. The predicted molar refractivity (Wildman–Crippen MR) is 118 cm³/mol. The van der Waals surface area contributed by atoms with Gasteiger partial charge in [0.15, 0.2) is 0 Å². The maximum Gasteiger partial charge on any atom is 0.204 e. The number of nitrogens with zero attached hydrogens (tertiary/aromatic N) is 2. The van der Waals surface area contributed by atoms with Gasteiger partial charge in [-0.2, -0.15) is 0 Å². The first-order valence-electron chi connectivity index (χ1n) is 9.54. The Bertz CT molecular complexity index is 1210. The molecule has 1 unspecified atom stereocenters. The number of hydrogen-bond donors (Lipinski definition) is 0. The second-order valence-corrected chi connectivity index (χ2v) is 10.6. The van der Waals surface area contributed by atoms with E-state index in [0.29, 0.717) is 22.6 Å². The van der Waals surface area contributed by atoms with Gasteiger partial charge in [0.25, 0.3) is 0 Å². The summed E-state index contributed by atoms with van der Waals surface area (Å²) in [6.07, 6.45) is 3.28. The highest BCUT2D eigenvalue weighted by molar-refractivity contribution is 7.95. The van der Waals surface area contributed by atoms with Gasteiger partial charge in [0, 0.05) is 18.9 Å². The Morgan fingerprint density at radius 2 is 1.67 bits per heavy atom. The van der Waals surface area contributed by atoms with Crippen LogP contribution in [0, 0.1) is 6.92 Å². The standard InChI is InChI=1S/C23H22N2O3S2/c1-17-10-12-20(13-11-17)29(26)25-16-18(2)23(22(25)19-7-6-14-24-15-19)30(27,28)21-8-4-3-5-9-21/h3-15,22H,16H2,1-2H3/t22-,29?/m1/s1. The van der Waals surface area contributed by atoms with E-state index in [9.17, 15) is 12.6 Å². The molecule has 1 aromatic heterocycles. The second kappa shape index (κ2) is 8.26. The molecule has 4 rings (SSSR count). The van der Waals surface area contributed by atoms with E-state index in [2.05, 4.69) is 4.98 Å². The van der Waals surface area contributed by atoms with E-state index < -0.39 is 26.9 Å². The summed E-state index contributed by atoms with van der Waals surface area (Å²) in [5.74, 6) is 0. The van der Waals surface area contributed by atoms with Gasteiger partial charge in [0.1, 0.15) is 11.0 Å². The molecule has 0 spiro atoms. The monoisotopic (exact) mass is 438 g/mol. The van der Waals surface area contributed by atoms with E-state index in [1.807, 2.05) is 37.3 Å². The third kappa shape index (κ3) is 3.76. The predicted octanol–water partition coefficient (Wildman–Crippen LogP) is 4.22. The van der Waals surface area contributed by atoms with Crippen molar-refractivity contribution in [2.24, 2.45) is 0 Å². The van der Waals surface area contributed by atoms with Gasteiger partial charge in [-0.3, -0.25) is 4.98 Å². The molecule has 1 aliphatic heterocycles. The first-order valence-corrected chi connectivity index (χ1v) is 12.1.